The van der Waals surface area contributed by atoms with E-state index in [4.69, 9.17) is 21.4 Å². The van der Waals surface area contributed by atoms with Gasteiger partial charge >= 0.3 is 5.97 Å². The minimum Gasteiger partial charge on any atom is -0.493 e. The van der Waals surface area contributed by atoms with Crippen molar-refractivity contribution in [2.75, 3.05) is 20.8 Å². The molecular weight excluding hydrogens is 426 g/mol. The molecule has 0 aliphatic rings. The molecule has 0 spiro atoms. The van der Waals surface area contributed by atoms with E-state index in [2.05, 4.69) is 4.98 Å². The number of nitrogens with zero attached hydrogens (tertiary/aromatic N) is 1. The van der Waals surface area contributed by atoms with Gasteiger partial charge in [0.1, 0.15) is 11.5 Å². The third kappa shape index (κ3) is 4.53. The van der Waals surface area contributed by atoms with Crippen LogP contribution in [0.25, 0.3) is 27.6 Å². The summed E-state index contributed by atoms with van der Waals surface area (Å²) in [5.41, 5.74) is 2.05. The van der Waals surface area contributed by atoms with Crippen molar-refractivity contribution in [3.63, 3.8) is 0 Å². The van der Waals surface area contributed by atoms with Crippen LogP contribution in [-0.2, 0) is 20.7 Å². The molecule has 2 aromatic heterocycles. The minimum absolute atomic E-state index is 0.0666. The summed E-state index contributed by atoms with van der Waals surface area (Å²) < 4.78 is 39.3. The van der Waals surface area contributed by atoms with Crippen molar-refractivity contribution in [2.45, 2.75) is 13.3 Å². The largest absolute Gasteiger partial charge is 0.493 e. The zero-order valence-corrected chi connectivity index (χ0v) is 18.7. The van der Waals surface area contributed by atoms with Gasteiger partial charge in [0.05, 0.1) is 29.2 Å². The number of oxazole rings is 1. The third-order valence-corrected chi connectivity index (χ3v) is 5.80. The predicted octanol–water partition coefficient (Wildman–Crippen LogP) is 5.65. The van der Waals surface area contributed by atoms with Gasteiger partial charge < -0.3 is 18.6 Å². The Kier molecular flexibility index (Phi) is 5.80. The van der Waals surface area contributed by atoms with Crippen molar-refractivity contribution in [3.05, 3.63) is 76.7 Å². The molecule has 0 aliphatic heterocycles. The normalized spacial score (nSPS) is 12.9. The second-order valence-corrected chi connectivity index (χ2v) is 7.75. The minimum atomic E-state index is -2.04. The van der Waals surface area contributed by atoms with Gasteiger partial charge in [0, 0.05) is 22.1 Å². The van der Waals surface area contributed by atoms with Crippen molar-refractivity contribution in [1.29, 1.82) is 0 Å². The highest BCUT2D eigenvalue weighted by molar-refractivity contribution is 7.17. The monoisotopic (exact) mass is 451 g/mol. The second kappa shape index (κ2) is 9.70. The number of rotatable bonds is 8. The van der Waals surface area contributed by atoms with E-state index in [9.17, 15) is 4.79 Å². The van der Waals surface area contributed by atoms with Crippen molar-refractivity contribution in [3.8, 4) is 17.2 Å². The topological polar surface area (TPSA) is 70.8 Å². The molecule has 0 atom stereocenters. The Morgan fingerprint density at radius 2 is 1.97 bits per heavy atom. The molecule has 4 aromatic rings. The van der Waals surface area contributed by atoms with Crippen LogP contribution >= 0.6 is 11.3 Å². The highest BCUT2D eigenvalue weighted by atomic mass is 32.1. The van der Waals surface area contributed by atoms with Crippen molar-refractivity contribution < 1.29 is 26.2 Å². The van der Waals surface area contributed by atoms with Gasteiger partial charge in [-0.3, -0.25) is 0 Å². The van der Waals surface area contributed by atoms with E-state index in [1.165, 1.54) is 25.6 Å². The average molecular weight is 452 g/mol. The van der Waals surface area contributed by atoms with Gasteiger partial charge in [0.15, 0.2) is 0 Å². The number of ether oxygens (including phenoxy) is 3. The van der Waals surface area contributed by atoms with Gasteiger partial charge in [-0.2, -0.15) is 0 Å². The number of hydrogen-bond donors (Lipinski definition) is 0. The summed E-state index contributed by atoms with van der Waals surface area (Å²) in [6, 6.07) is 14.7. The summed E-state index contributed by atoms with van der Waals surface area (Å²) >= 11 is 1.45. The molecule has 0 aliphatic carbocycles. The van der Waals surface area contributed by atoms with E-state index in [0.29, 0.717) is 23.1 Å². The standard InChI is InChI=1S/C25H23NO5S/c1-16-20(26-24(31-16)17-7-5-4-6-8-17)11-13-30-21-10-9-18(23-19(21)12-14-32-23)15-22(28-2)25(27)29-3/h4-10,12,14-15H,11,13H2,1-3H3/b22-15-/i13D2. The van der Waals surface area contributed by atoms with E-state index in [0.717, 1.165) is 21.2 Å². The third-order valence-electron chi connectivity index (χ3n) is 4.84. The van der Waals surface area contributed by atoms with E-state index < -0.39 is 12.5 Å². The highest BCUT2D eigenvalue weighted by Crippen LogP contribution is 2.34. The molecule has 2 heterocycles. The fourth-order valence-electron chi connectivity index (χ4n) is 3.18. The number of thiophene rings is 1. The molecular formula is C25H23NO5S. The SMILES string of the molecule is [2H]C([2H])(Cc1nc(-c2ccccc2)oc1C)Oc1ccc(/C=C(\OC)C(=O)OC)c2sccc12. The van der Waals surface area contributed by atoms with Crippen molar-refractivity contribution in [1.82, 2.24) is 4.98 Å². The Hall–Kier alpha value is -3.58. The van der Waals surface area contributed by atoms with E-state index in [-0.39, 0.29) is 12.2 Å². The summed E-state index contributed by atoms with van der Waals surface area (Å²) in [5, 5.41) is 2.60. The number of hydrogen-bond acceptors (Lipinski definition) is 7. The summed E-state index contributed by atoms with van der Waals surface area (Å²) in [6.07, 6.45) is 1.51. The molecule has 0 unspecified atom stereocenters. The summed E-state index contributed by atoms with van der Waals surface area (Å²) in [6.45, 7) is -0.275. The van der Waals surface area contributed by atoms with Gasteiger partial charge in [0.25, 0.3) is 0 Å². The number of fused-ring (bicyclic) bond motifs is 1. The molecule has 164 valence electrons. The summed E-state index contributed by atoms with van der Waals surface area (Å²) in [4.78, 5) is 16.4. The molecule has 0 fully saturated rings. The Bertz CT molecular complexity index is 1340. The van der Waals surface area contributed by atoms with Crippen LogP contribution in [0.5, 0.6) is 5.75 Å². The zero-order chi connectivity index (χ0) is 24.3. The lowest BCUT2D eigenvalue weighted by molar-refractivity contribution is -0.139. The van der Waals surface area contributed by atoms with E-state index >= 15 is 0 Å². The molecule has 2 aromatic carbocycles. The predicted molar refractivity (Wildman–Crippen MR) is 125 cm³/mol. The van der Waals surface area contributed by atoms with E-state index in [1.807, 2.05) is 41.8 Å². The van der Waals surface area contributed by atoms with Crippen LogP contribution in [0, 0.1) is 6.92 Å². The highest BCUT2D eigenvalue weighted by Gasteiger charge is 2.14. The van der Waals surface area contributed by atoms with Crippen LogP contribution in [0.3, 0.4) is 0 Å². The first-order valence-electron chi connectivity index (χ1n) is 10.9. The summed E-state index contributed by atoms with van der Waals surface area (Å²) in [7, 11) is 2.68. The molecule has 7 heteroatoms. The van der Waals surface area contributed by atoms with Gasteiger partial charge in [-0.15, -0.1) is 11.3 Å². The molecule has 6 nitrogen and oxygen atoms in total. The van der Waals surface area contributed by atoms with Gasteiger partial charge in [-0.25, -0.2) is 9.78 Å². The van der Waals surface area contributed by atoms with Crippen molar-refractivity contribution >= 4 is 33.5 Å². The van der Waals surface area contributed by atoms with Crippen LogP contribution in [0.15, 0.2) is 64.1 Å². The van der Waals surface area contributed by atoms with Gasteiger partial charge in [-0.1, -0.05) is 18.2 Å². The molecule has 0 saturated carbocycles. The lowest BCUT2D eigenvalue weighted by atomic mass is 10.1. The Morgan fingerprint density at radius 1 is 1.16 bits per heavy atom. The zero-order valence-electron chi connectivity index (χ0n) is 19.9. The molecule has 32 heavy (non-hydrogen) atoms. The smallest absolute Gasteiger partial charge is 0.373 e. The molecule has 0 radical (unpaired) electrons. The Labute approximate surface area is 192 Å². The maximum Gasteiger partial charge on any atom is 0.373 e. The van der Waals surface area contributed by atoms with Crippen LogP contribution in [-0.4, -0.2) is 31.7 Å². The molecule has 4 rings (SSSR count). The number of esters is 1. The second-order valence-electron chi connectivity index (χ2n) is 6.83. The number of aryl methyl sites for hydroxylation is 2. The Balaban J connectivity index is 1.59. The molecule has 0 amide bonds. The van der Waals surface area contributed by atoms with Crippen LogP contribution in [0.1, 0.15) is 19.8 Å². The maximum atomic E-state index is 11.9. The van der Waals surface area contributed by atoms with Gasteiger partial charge in [-0.05, 0) is 54.3 Å². The van der Waals surface area contributed by atoms with Crippen LogP contribution < -0.4 is 4.74 Å². The first-order chi connectivity index (χ1) is 16.3. The number of carbonyl (C=O) groups excluding carboxylic acids is 1. The molecule has 0 N–H and O–H groups in total. The van der Waals surface area contributed by atoms with Crippen LogP contribution in [0.2, 0.25) is 0 Å². The fourth-order valence-corrected chi connectivity index (χ4v) is 4.08. The fraction of sp³-hybridized carbons (Fsp3) is 0.200. The van der Waals surface area contributed by atoms with Gasteiger partial charge in [0.2, 0.25) is 11.6 Å². The van der Waals surface area contributed by atoms with E-state index in [1.54, 1.807) is 25.1 Å². The lowest BCUT2D eigenvalue weighted by Gasteiger charge is -2.09. The number of benzene rings is 2. The molecule has 0 saturated heterocycles. The number of carbonyl (C=O) groups is 1. The summed E-state index contributed by atoms with van der Waals surface area (Å²) in [5.74, 6) is 0.862. The first kappa shape index (κ1) is 19.1. The number of aromatic nitrogens is 1. The van der Waals surface area contributed by atoms with Crippen molar-refractivity contribution in [2.24, 2.45) is 0 Å². The first-order valence-corrected chi connectivity index (χ1v) is 10.7. The Morgan fingerprint density at radius 3 is 2.72 bits per heavy atom. The van der Waals surface area contributed by atoms with Crippen LogP contribution in [0.4, 0.5) is 0 Å². The lowest BCUT2D eigenvalue weighted by Crippen LogP contribution is -2.06. The molecule has 0 bridgehead atoms. The number of methoxy groups -OCH3 is 2. The average Bonchev–Trinajstić information content (AvgIpc) is 3.46. The maximum absolute atomic E-state index is 11.9. The quantitative estimate of drug-likeness (QED) is 0.196.